The largest absolute Gasteiger partial charge is 0.372 e. The van der Waals surface area contributed by atoms with Crippen molar-refractivity contribution in [3.05, 3.63) is 39.5 Å². The molecular weight excluding hydrogens is 348 g/mol. The molecule has 0 aliphatic heterocycles. The van der Waals surface area contributed by atoms with Gasteiger partial charge in [-0.15, -0.1) is 0 Å². The molecule has 2 N–H and O–H groups in total. The number of hydrogen-bond acceptors (Lipinski definition) is 4. The van der Waals surface area contributed by atoms with Crippen LogP contribution in [0.5, 0.6) is 0 Å². The summed E-state index contributed by atoms with van der Waals surface area (Å²) in [4.78, 5) is 8.29. The van der Waals surface area contributed by atoms with Crippen LogP contribution in [0, 0.1) is 0 Å². The molecule has 0 spiro atoms. The minimum Gasteiger partial charge on any atom is -0.372 e. The van der Waals surface area contributed by atoms with Gasteiger partial charge in [0.15, 0.2) is 0 Å². The predicted octanol–water partition coefficient (Wildman–Crippen LogP) is 3.79. The van der Waals surface area contributed by atoms with Crippen LogP contribution in [-0.4, -0.2) is 17.0 Å². The van der Waals surface area contributed by atoms with Gasteiger partial charge in [0.1, 0.15) is 22.4 Å². The standard InChI is InChI=1S/C11H10Br2N4/c1-14-10-9(13)11(16-6-15-10)17-8-4-2-3-7(12)5-8/h2-6H,1H3,(H2,14,15,16,17). The molecule has 1 aromatic heterocycles. The second-order valence-electron chi connectivity index (χ2n) is 3.27. The predicted molar refractivity (Wildman–Crippen MR) is 76.7 cm³/mol. The molecule has 0 unspecified atom stereocenters. The minimum atomic E-state index is 0.724. The lowest BCUT2D eigenvalue weighted by Gasteiger charge is -2.09. The molecule has 1 aromatic carbocycles. The summed E-state index contributed by atoms with van der Waals surface area (Å²) in [5, 5.41) is 6.21. The molecule has 0 fully saturated rings. The van der Waals surface area contributed by atoms with E-state index in [1.54, 1.807) is 0 Å². The molecule has 0 saturated heterocycles. The average molecular weight is 358 g/mol. The molecule has 88 valence electrons. The van der Waals surface area contributed by atoms with Gasteiger partial charge in [-0.2, -0.15) is 0 Å². The smallest absolute Gasteiger partial charge is 0.150 e. The Bertz CT molecular complexity index is 531. The molecule has 0 atom stereocenters. The molecule has 4 nitrogen and oxygen atoms in total. The summed E-state index contributed by atoms with van der Waals surface area (Å²) in [6.07, 6.45) is 1.51. The summed E-state index contributed by atoms with van der Waals surface area (Å²) in [6, 6.07) is 7.88. The highest BCUT2D eigenvalue weighted by Gasteiger charge is 2.07. The van der Waals surface area contributed by atoms with Gasteiger partial charge in [0, 0.05) is 17.2 Å². The summed E-state index contributed by atoms with van der Waals surface area (Å²) in [6.45, 7) is 0. The van der Waals surface area contributed by atoms with Gasteiger partial charge in [0.05, 0.1) is 0 Å². The highest BCUT2D eigenvalue weighted by atomic mass is 79.9. The van der Waals surface area contributed by atoms with Crippen LogP contribution < -0.4 is 10.6 Å². The van der Waals surface area contributed by atoms with Crippen molar-refractivity contribution < 1.29 is 0 Å². The fourth-order valence-corrected chi connectivity index (χ4v) is 2.24. The van der Waals surface area contributed by atoms with E-state index >= 15 is 0 Å². The van der Waals surface area contributed by atoms with E-state index in [1.165, 1.54) is 6.33 Å². The average Bonchev–Trinajstić information content (AvgIpc) is 2.32. The lowest BCUT2D eigenvalue weighted by atomic mass is 10.3. The van der Waals surface area contributed by atoms with Crippen LogP contribution in [0.3, 0.4) is 0 Å². The Morgan fingerprint density at radius 3 is 2.59 bits per heavy atom. The molecule has 0 aliphatic carbocycles. The van der Waals surface area contributed by atoms with Crippen molar-refractivity contribution in [1.29, 1.82) is 0 Å². The van der Waals surface area contributed by atoms with Crippen molar-refractivity contribution in [2.45, 2.75) is 0 Å². The number of halogens is 2. The summed E-state index contributed by atoms with van der Waals surface area (Å²) in [5.41, 5.74) is 0.959. The SMILES string of the molecule is CNc1ncnc(Nc2cccc(Br)c2)c1Br. The van der Waals surface area contributed by atoms with Gasteiger partial charge in [-0.25, -0.2) is 9.97 Å². The summed E-state index contributed by atoms with van der Waals surface area (Å²) in [7, 11) is 1.82. The van der Waals surface area contributed by atoms with E-state index in [9.17, 15) is 0 Å². The van der Waals surface area contributed by atoms with Gasteiger partial charge < -0.3 is 10.6 Å². The molecule has 0 aliphatic rings. The summed E-state index contributed by atoms with van der Waals surface area (Å²) < 4.78 is 1.82. The fourth-order valence-electron chi connectivity index (χ4n) is 1.33. The Morgan fingerprint density at radius 1 is 1.12 bits per heavy atom. The Labute approximate surface area is 116 Å². The molecule has 2 rings (SSSR count). The quantitative estimate of drug-likeness (QED) is 0.877. The van der Waals surface area contributed by atoms with Crippen molar-refractivity contribution in [2.75, 3.05) is 17.7 Å². The first-order valence-corrected chi connectivity index (χ1v) is 6.50. The van der Waals surface area contributed by atoms with Crippen LogP contribution in [0.1, 0.15) is 0 Å². The van der Waals surface area contributed by atoms with Gasteiger partial charge in [-0.3, -0.25) is 0 Å². The molecule has 1 heterocycles. The first-order valence-electron chi connectivity index (χ1n) is 4.91. The second kappa shape index (κ2) is 5.46. The number of aromatic nitrogens is 2. The van der Waals surface area contributed by atoms with E-state index in [0.717, 1.165) is 26.3 Å². The van der Waals surface area contributed by atoms with Crippen LogP contribution in [-0.2, 0) is 0 Å². The maximum Gasteiger partial charge on any atom is 0.150 e. The van der Waals surface area contributed by atoms with E-state index in [1.807, 2.05) is 31.3 Å². The number of nitrogens with zero attached hydrogens (tertiary/aromatic N) is 2. The van der Waals surface area contributed by atoms with Crippen molar-refractivity contribution in [2.24, 2.45) is 0 Å². The number of nitrogens with one attached hydrogen (secondary N) is 2. The molecular formula is C11H10Br2N4. The highest BCUT2D eigenvalue weighted by molar-refractivity contribution is 9.11. The third kappa shape index (κ3) is 2.95. The van der Waals surface area contributed by atoms with Crippen molar-refractivity contribution in [1.82, 2.24) is 9.97 Å². The molecule has 6 heteroatoms. The van der Waals surface area contributed by atoms with E-state index in [4.69, 9.17) is 0 Å². The van der Waals surface area contributed by atoms with Gasteiger partial charge in [0.25, 0.3) is 0 Å². The van der Waals surface area contributed by atoms with Crippen LogP contribution in [0.15, 0.2) is 39.5 Å². The van der Waals surface area contributed by atoms with Gasteiger partial charge in [-0.05, 0) is 34.1 Å². The molecule has 0 bridgehead atoms. The van der Waals surface area contributed by atoms with E-state index in [0.29, 0.717) is 0 Å². The second-order valence-corrected chi connectivity index (χ2v) is 4.98. The first-order chi connectivity index (χ1) is 8.20. The Kier molecular flexibility index (Phi) is 3.96. The van der Waals surface area contributed by atoms with E-state index in [-0.39, 0.29) is 0 Å². The zero-order chi connectivity index (χ0) is 12.3. The monoisotopic (exact) mass is 356 g/mol. The van der Waals surface area contributed by atoms with Crippen LogP contribution in [0.4, 0.5) is 17.3 Å². The fraction of sp³-hybridized carbons (Fsp3) is 0.0909. The summed E-state index contributed by atoms with van der Waals surface area (Å²) in [5.74, 6) is 1.47. The molecule has 0 saturated carbocycles. The number of rotatable bonds is 3. The third-order valence-electron chi connectivity index (χ3n) is 2.11. The molecule has 17 heavy (non-hydrogen) atoms. The van der Waals surface area contributed by atoms with Crippen LogP contribution >= 0.6 is 31.9 Å². The van der Waals surface area contributed by atoms with Crippen LogP contribution in [0.2, 0.25) is 0 Å². The van der Waals surface area contributed by atoms with Gasteiger partial charge >= 0.3 is 0 Å². The first kappa shape index (κ1) is 12.3. The Balaban J connectivity index is 2.30. The zero-order valence-electron chi connectivity index (χ0n) is 9.04. The van der Waals surface area contributed by atoms with Crippen molar-refractivity contribution in [3.63, 3.8) is 0 Å². The number of anilines is 3. The normalized spacial score (nSPS) is 10.1. The maximum absolute atomic E-state index is 4.19. The molecule has 0 amide bonds. The van der Waals surface area contributed by atoms with Gasteiger partial charge in [0.2, 0.25) is 0 Å². The highest BCUT2D eigenvalue weighted by Crippen LogP contribution is 2.29. The minimum absolute atomic E-state index is 0.724. The third-order valence-corrected chi connectivity index (χ3v) is 3.36. The lowest BCUT2D eigenvalue weighted by Crippen LogP contribution is -2.00. The van der Waals surface area contributed by atoms with Crippen molar-refractivity contribution in [3.8, 4) is 0 Å². The lowest BCUT2D eigenvalue weighted by molar-refractivity contribution is 1.14. The van der Waals surface area contributed by atoms with E-state index < -0.39 is 0 Å². The van der Waals surface area contributed by atoms with E-state index in [2.05, 4.69) is 52.5 Å². The summed E-state index contributed by atoms with van der Waals surface area (Å²) >= 11 is 6.88. The maximum atomic E-state index is 4.19. The van der Waals surface area contributed by atoms with Crippen LogP contribution in [0.25, 0.3) is 0 Å². The Morgan fingerprint density at radius 2 is 1.88 bits per heavy atom. The Hall–Kier alpha value is -1.14. The number of hydrogen-bond donors (Lipinski definition) is 2. The molecule has 2 aromatic rings. The van der Waals surface area contributed by atoms with Gasteiger partial charge in [-0.1, -0.05) is 22.0 Å². The topological polar surface area (TPSA) is 49.8 Å². The zero-order valence-corrected chi connectivity index (χ0v) is 12.2. The van der Waals surface area contributed by atoms with Crippen molar-refractivity contribution >= 4 is 49.2 Å². The molecule has 0 radical (unpaired) electrons. The number of benzene rings is 1.